The van der Waals surface area contributed by atoms with E-state index in [1.54, 1.807) is 0 Å². The Bertz CT molecular complexity index is 1240. The molecule has 1 aromatic carbocycles. The van der Waals surface area contributed by atoms with E-state index >= 15 is 0 Å². The van der Waals surface area contributed by atoms with Gasteiger partial charge >= 0.3 is 41.5 Å². The largest absolute Gasteiger partial charge is 1.00 e. The first-order valence-corrected chi connectivity index (χ1v) is 23.5. The van der Waals surface area contributed by atoms with Crippen LogP contribution in [0.4, 0.5) is 0 Å². The summed E-state index contributed by atoms with van der Waals surface area (Å²) in [6, 6.07) is 3.62. The second-order valence-electron chi connectivity index (χ2n) is 15.0. The van der Waals surface area contributed by atoms with Crippen molar-refractivity contribution >= 4 is 22.1 Å². The van der Waals surface area contributed by atoms with Crippen molar-refractivity contribution in [3.63, 3.8) is 0 Å². The van der Waals surface area contributed by atoms with Crippen molar-refractivity contribution in [2.45, 2.75) is 211 Å². The first-order valence-electron chi connectivity index (χ1n) is 22.1. The number of esters is 2. The molecule has 0 aliphatic heterocycles. The minimum Gasteiger partial charge on any atom is -0.744 e. The molecule has 0 saturated heterocycles. The van der Waals surface area contributed by atoms with Crippen LogP contribution in [-0.4, -0.2) is 38.1 Å². The van der Waals surface area contributed by atoms with Gasteiger partial charge in [0.25, 0.3) is 0 Å². The predicted molar refractivity (Wildman–Crippen MR) is 223 cm³/mol. The van der Waals surface area contributed by atoms with Crippen LogP contribution in [0.15, 0.2) is 47.4 Å². The van der Waals surface area contributed by atoms with Crippen molar-refractivity contribution in [1.82, 2.24) is 0 Å². The van der Waals surface area contributed by atoms with Gasteiger partial charge < -0.3 is 14.0 Å². The fraction of sp³-hybridized carbons (Fsp3) is 0.739. The first-order chi connectivity index (χ1) is 26.3. The van der Waals surface area contributed by atoms with Crippen LogP contribution in [0.2, 0.25) is 0 Å². The van der Waals surface area contributed by atoms with Gasteiger partial charge in [-0.15, -0.1) is 0 Å². The van der Waals surface area contributed by atoms with Crippen molar-refractivity contribution in [3.8, 4) is 0 Å². The van der Waals surface area contributed by atoms with Crippen LogP contribution in [0.1, 0.15) is 227 Å². The topological polar surface area (TPSA) is 110 Å². The normalized spacial score (nSPS) is 11.7. The van der Waals surface area contributed by atoms with E-state index in [4.69, 9.17) is 9.47 Å². The van der Waals surface area contributed by atoms with Gasteiger partial charge in [0.05, 0.1) is 29.2 Å². The fourth-order valence-corrected chi connectivity index (χ4v) is 7.34. The summed E-state index contributed by atoms with van der Waals surface area (Å²) in [5.41, 5.74) is -0.786. The minimum absolute atomic E-state index is 0. The monoisotopic (exact) mass is 797 g/mol. The number of unbranched alkanes of at least 4 members (excludes halogenated alkanes) is 26. The molecule has 0 fully saturated rings. The minimum atomic E-state index is -5.02. The number of carbonyl (C=O) groups is 2. The molecule has 0 radical (unpaired) electrons. The SMILES string of the molecule is CCCCCCCC/C=C/CCCCCCCCCOC(=O)c1cccc(S(=O)(=O)[O-])c1C(=O)OCCCCCCCCC/C=C/CCCCCCCC.[Na+]. The van der Waals surface area contributed by atoms with E-state index in [1.165, 1.54) is 141 Å². The third-order valence-corrected chi connectivity index (χ3v) is 10.9. The summed E-state index contributed by atoms with van der Waals surface area (Å²) >= 11 is 0. The van der Waals surface area contributed by atoms with Crippen molar-refractivity contribution < 1.29 is 61.6 Å². The summed E-state index contributed by atoms with van der Waals surface area (Å²) in [6.45, 7) is 4.74. The van der Waals surface area contributed by atoms with Crippen molar-refractivity contribution in [1.29, 1.82) is 0 Å². The van der Waals surface area contributed by atoms with E-state index in [2.05, 4.69) is 38.2 Å². The molecule has 1 aromatic rings. The molecule has 0 bridgehead atoms. The van der Waals surface area contributed by atoms with Gasteiger partial charge in [0, 0.05) is 0 Å². The number of ether oxygens (including phenoxy) is 2. The molecule has 0 atom stereocenters. The van der Waals surface area contributed by atoms with Gasteiger partial charge in [0.1, 0.15) is 10.1 Å². The van der Waals surface area contributed by atoms with Gasteiger partial charge in [-0.3, -0.25) is 0 Å². The molecule has 0 amide bonds. The first kappa shape index (κ1) is 53.6. The molecule has 1 rings (SSSR count). The predicted octanol–water partition coefficient (Wildman–Crippen LogP) is 10.8. The molecular weight excluding hydrogens is 720 g/mol. The number of benzene rings is 1. The van der Waals surface area contributed by atoms with Gasteiger partial charge in [-0.05, 0) is 76.3 Å². The average Bonchev–Trinajstić information content (AvgIpc) is 3.16. The molecule has 0 aliphatic rings. The Hall–Kier alpha value is -1.45. The Morgan fingerprint density at radius 3 is 1.20 bits per heavy atom. The van der Waals surface area contributed by atoms with E-state index in [9.17, 15) is 22.6 Å². The standard InChI is InChI=1S/C46H78O7S.Na/c1-3-5-7-9-11-13-15-17-19-21-23-25-27-29-31-33-35-40-52-45(47)42-38-37-39-43(54(49,50)51)44(42)46(48)53-41-36-34-32-30-28-26-24-22-20-18-16-14-12-10-8-6-4-2;/h17-20,37-39H,3-16,21-36,40-41H2,1-2H3,(H,49,50,51);/q;+1/p-1/b19-17+,20-18+;. The molecule has 0 aliphatic carbocycles. The van der Waals surface area contributed by atoms with Gasteiger partial charge in [-0.1, -0.05) is 173 Å². The number of carbonyl (C=O) groups excluding carboxylic acids is 2. The third kappa shape index (κ3) is 30.3. The Kier molecular flexibility index (Phi) is 37.1. The maximum Gasteiger partial charge on any atom is 1.00 e. The molecule has 0 spiro atoms. The summed E-state index contributed by atoms with van der Waals surface area (Å²) in [5, 5.41) is 0. The third-order valence-electron chi connectivity index (χ3n) is 10.00. The van der Waals surface area contributed by atoms with Crippen LogP contribution >= 0.6 is 0 Å². The molecule has 7 nitrogen and oxygen atoms in total. The van der Waals surface area contributed by atoms with Crippen molar-refractivity contribution in [3.05, 3.63) is 53.6 Å². The van der Waals surface area contributed by atoms with Crippen molar-refractivity contribution in [2.24, 2.45) is 0 Å². The van der Waals surface area contributed by atoms with Gasteiger partial charge in [-0.2, -0.15) is 0 Å². The molecule has 0 unspecified atom stereocenters. The Labute approximate surface area is 359 Å². The Morgan fingerprint density at radius 2 is 0.836 bits per heavy atom. The van der Waals surface area contributed by atoms with Crippen LogP contribution in [0.5, 0.6) is 0 Å². The zero-order valence-electron chi connectivity index (χ0n) is 35.4. The maximum atomic E-state index is 13.0. The van der Waals surface area contributed by atoms with Crippen molar-refractivity contribution in [2.75, 3.05) is 13.2 Å². The van der Waals surface area contributed by atoms with Crippen LogP contribution in [0.3, 0.4) is 0 Å². The smallest absolute Gasteiger partial charge is 0.744 e. The van der Waals surface area contributed by atoms with Crippen LogP contribution in [0.25, 0.3) is 0 Å². The molecule has 310 valence electrons. The van der Waals surface area contributed by atoms with Gasteiger partial charge in [0.15, 0.2) is 0 Å². The number of hydrogen-bond acceptors (Lipinski definition) is 7. The van der Waals surface area contributed by atoms with Crippen LogP contribution in [-0.2, 0) is 19.6 Å². The zero-order chi connectivity index (χ0) is 39.4. The molecule has 0 heterocycles. The summed E-state index contributed by atoms with van der Waals surface area (Å²) in [5.74, 6) is -1.82. The molecule has 0 N–H and O–H groups in total. The summed E-state index contributed by atoms with van der Waals surface area (Å²) in [6.07, 6.45) is 44.6. The molecule has 0 saturated carbocycles. The maximum absolute atomic E-state index is 13.0. The average molecular weight is 797 g/mol. The number of hydrogen-bond donors (Lipinski definition) is 0. The summed E-state index contributed by atoms with van der Waals surface area (Å²) in [4.78, 5) is 25.2. The number of allylic oxidation sites excluding steroid dienone is 4. The number of rotatable bonds is 37. The van der Waals surface area contributed by atoms with Crippen LogP contribution < -0.4 is 29.6 Å². The fourth-order valence-electron chi connectivity index (χ4n) is 6.65. The Morgan fingerprint density at radius 1 is 0.509 bits per heavy atom. The second kappa shape index (κ2) is 38.1. The molecule has 0 aromatic heterocycles. The van der Waals surface area contributed by atoms with E-state index in [-0.39, 0.29) is 48.3 Å². The summed E-state index contributed by atoms with van der Waals surface area (Å²) in [7, 11) is -5.02. The van der Waals surface area contributed by atoms with Crippen LogP contribution in [0, 0.1) is 0 Å². The summed E-state index contributed by atoms with van der Waals surface area (Å²) < 4.78 is 46.7. The zero-order valence-corrected chi connectivity index (χ0v) is 38.3. The quantitative estimate of drug-likeness (QED) is 0.0217. The second-order valence-corrected chi connectivity index (χ2v) is 16.3. The van der Waals surface area contributed by atoms with E-state index in [1.807, 2.05) is 0 Å². The van der Waals surface area contributed by atoms with Gasteiger partial charge in [-0.25, -0.2) is 18.0 Å². The molecular formula is C46H77NaO7S. The molecule has 55 heavy (non-hydrogen) atoms. The van der Waals surface area contributed by atoms with Gasteiger partial charge in [0.2, 0.25) is 0 Å². The van der Waals surface area contributed by atoms with E-state index < -0.39 is 32.5 Å². The van der Waals surface area contributed by atoms with E-state index in [0.29, 0.717) is 12.8 Å². The van der Waals surface area contributed by atoms with E-state index in [0.717, 1.165) is 57.4 Å². The molecule has 9 heteroatoms. The Balaban J connectivity index is 0.0000292.